The van der Waals surface area contributed by atoms with Gasteiger partial charge in [0.2, 0.25) is 0 Å². The Bertz CT molecular complexity index is 1160. The average Bonchev–Trinajstić information content (AvgIpc) is 2.88. The van der Waals surface area contributed by atoms with Crippen molar-refractivity contribution in [3.63, 3.8) is 0 Å². The minimum atomic E-state index is -4.38. The molecular formula is C28H29F3N2O4. The highest BCUT2D eigenvalue weighted by molar-refractivity contribution is 5.94. The summed E-state index contributed by atoms with van der Waals surface area (Å²) < 4.78 is 44.5. The number of carboxylic acids is 1. The van der Waals surface area contributed by atoms with Crippen LogP contribution in [0.2, 0.25) is 0 Å². The van der Waals surface area contributed by atoms with E-state index in [4.69, 9.17) is 9.84 Å². The number of aromatic nitrogens is 1. The van der Waals surface area contributed by atoms with Gasteiger partial charge in [0.15, 0.2) is 0 Å². The lowest BCUT2D eigenvalue weighted by Gasteiger charge is -2.09. The topological polar surface area (TPSA) is 88.5 Å². The standard InChI is InChI=1S/C28H29F3N2O4/c29-28(30,31)23-8-5-7-22(18-23)25-14-9-20(19-33-25)6-3-1-2-4-17-37-24-12-10-21(11-13-24)27(36)32-16-15-26(34)35/h5,7-14,18-19H,1-4,6,15-17H2,(H,32,36)(H,34,35). The molecule has 6 nitrogen and oxygen atoms in total. The third kappa shape index (κ3) is 9.25. The number of hydrogen-bond donors (Lipinski definition) is 2. The zero-order valence-electron chi connectivity index (χ0n) is 20.3. The van der Waals surface area contributed by atoms with Crippen LogP contribution in [0.4, 0.5) is 13.2 Å². The number of benzene rings is 2. The van der Waals surface area contributed by atoms with Gasteiger partial charge in [-0.2, -0.15) is 13.2 Å². The SMILES string of the molecule is O=C(O)CCNC(=O)c1ccc(OCCCCCCc2ccc(-c3cccc(C(F)(F)F)c3)nc2)cc1. The van der Waals surface area contributed by atoms with Crippen LogP contribution in [-0.2, 0) is 17.4 Å². The Kier molecular flexibility index (Phi) is 10.1. The molecule has 1 heterocycles. The van der Waals surface area contributed by atoms with Crippen molar-refractivity contribution in [3.05, 3.63) is 83.6 Å². The van der Waals surface area contributed by atoms with Crippen molar-refractivity contribution >= 4 is 11.9 Å². The van der Waals surface area contributed by atoms with Gasteiger partial charge in [-0.25, -0.2) is 0 Å². The summed E-state index contributed by atoms with van der Waals surface area (Å²) in [4.78, 5) is 26.8. The van der Waals surface area contributed by atoms with Crippen LogP contribution in [0.5, 0.6) is 5.75 Å². The zero-order valence-corrected chi connectivity index (χ0v) is 20.3. The number of aliphatic carboxylic acids is 1. The Morgan fingerprint density at radius 2 is 1.70 bits per heavy atom. The maximum atomic E-state index is 12.9. The highest BCUT2D eigenvalue weighted by Gasteiger charge is 2.30. The average molecular weight is 515 g/mol. The number of carbonyl (C=O) groups excluding carboxylic acids is 1. The number of alkyl halides is 3. The van der Waals surface area contributed by atoms with Crippen LogP contribution >= 0.6 is 0 Å². The maximum Gasteiger partial charge on any atom is 0.416 e. The van der Waals surface area contributed by atoms with Gasteiger partial charge < -0.3 is 15.2 Å². The van der Waals surface area contributed by atoms with E-state index in [1.807, 2.05) is 6.07 Å². The van der Waals surface area contributed by atoms with Crippen LogP contribution < -0.4 is 10.1 Å². The van der Waals surface area contributed by atoms with Gasteiger partial charge in [-0.1, -0.05) is 31.0 Å². The van der Waals surface area contributed by atoms with Crippen molar-refractivity contribution < 1.29 is 32.6 Å². The van der Waals surface area contributed by atoms with Crippen molar-refractivity contribution in [2.24, 2.45) is 0 Å². The first-order valence-corrected chi connectivity index (χ1v) is 12.1. The lowest BCUT2D eigenvalue weighted by molar-refractivity contribution is -0.138. The van der Waals surface area contributed by atoms with E-state index in [-0.39, 0.29) is 18.9 Å². The number of carbonyl (C=O) groups is 2. The van der Waals surface area contributed by atoms with E-state index in [9.17, 15) is 22.8 Å². The van der Waals surface area contributed by atoms with Crippen molar-refractivity contribution in [2.45, 2.75) is 44.7 Å². The van der Waals surface area contributed by atoms with Crippen LogP contribution in [-0.4, -0.2) is 35.1 Å². The largest absolute Gasteiger partial charge is 0.494 e. The number of amides is 1. The summed E-state index contributed by atoms with van der Waals surface area (Å²) in [5.41, 5.74) is 1.75. The molecule has 37 heavy (non-hydrogen) atoms. The fourth-order valence-corrected chi connectivity index (χ4v) is 3.66. The minimum Gasteiger partial charge on any atom is -0.494 e. The summed E-state index contributed by atoms with van der Waals surface area (Å²) >= 11 is 0. The molecule has 0 fully saturated rings. The number of nitrogens with one attached hydrogen (secondary N) is 1. The maximum absolute atomic E-state index is 12.9. The fraction of sp³-hybridized carbons (Fsp3) is 0.321. The summed E-state index contributed by atoms with van der Waals surface area (Å²) in [6.45, 7) is 0.630. The van der Waals surface area contributed by atoms with E-state index in [1.165, 1.54) is 6.07 Å². The predicted molar refractivity (Wildman–Crippen MR) is 133 cm³/mol. The van der Waals surface area contributed by atoms with Crippen LogP contribution in [0.1, 0.15) is 53.6 Å². The number of hydrogen-bond acceptors (Lipinski definition) is 4. The Morgan fingerprint density at radius 1 is 0.946 bits per heavy atom. The Balaban J connectivity index is 1.32. The van der Waals surface area contributed by atoms with Gasteiger partial charge in [0.05, 0.1) is 24.3 Å². The van der Waals surface area contributed by atoms with E-state index in [1.54, 1.807) is 42.6 Å². The van der Waals surface area contributed by atoms with Crippen LogP contribution in [0.3, 0.4) is 0 Å². The van der Waals surface area contributed by atoms with E-state index in [0.29, 0.717) is 29.2 Å². The predicted octanol–water partition coefficient (Wildman–Crippen LogP) is 6.15. The minimum absolute atomic E-state index is 0.0774. The van der Waals surface area contributed by atoms with E-state index in [0.717, 1.165) is 49.8 Å². The molecule has 0 radical (unpaired) electrons. The van der Waals surface area contributed by atoms with Crippen molar-refractivity contribution in [1.82, 2.24) is 10.3 Å². The van der Waals surface area contributed by atoms with Crippen LogP contribution in [0, 0.1) is 0 Å². The molecule has 0 bridgehead atoms. The molecule has 0 spiro atoms. The number of carboxylic acid groups (broad SMARTS) is 1. The number of nitrogens with zero attached hydrogens (tertiary/aromatic N) is 1. The molecule has 0 aliphatic rings. The molecule has 0 saturated heterocycles. The second-order valence-corrected chi connectivity index (χ2v) is 8.57. The molecule has 0 unspecified atom stereocenters. The molecule has 0 saturated carbocycles. The highest BCUT2D eigenvalue weighted by atomic mass is 19.4. The molecule has 9 heteroatoms. The van der Waals surface area contributed by atoms with Crippen molar-refractivity contribution in [1.29, 1.82) is 0 Å². The van der Waals surface area contributed by atoms with Gasteiger partial charge in [0.1, 0.15) is 5.75 Å². The van der Waals surface area contributed by atoms with E-state index >= 15 is 0 Å². The second-order valence-electron chi connectivity index (χ2n) is 8.57. The van der Waals surface area contributed by atoms with Gasteiger partial charge in [-0.3, -0.25) is 14.6 Å². The number of halogens is 3. The summed E-state index contributed by atoms with van der Waals surface area (Å²) in [6, 6.07) is 15.5. The normalized spacial score (nSPS) is 11.2. The number of ether oxygens (including phenoxy) is 1. The van der Waals surface area contributed by atoms with Crippen LogP contribution in [0.15, 0.2) is 66.9 Å². The molecule has 1 amide bonds. The van der Waals surface area contributed by atoms with Gasteiger partial charge in [0, 0.05) is 23.9 Å². The monoisotopic (exact) mass is 514 g/mol. The zero-order chi connectivity index (χ0) is 26.7. The number of unbranched alkanes of at least 4 members (excludes halogenated alkanes) is 3. The fourth-order valence-electron chi connectivity index (χ4n) is 3.66. The quantitative estimate of drug-likeness (QED) is 0.267. The third-order valence-corrected chi connectivity index (χ3v) is 5.68. The lowest BCUT2D eigenvalue weighted by Crippen LogP contribution is -2.25. The Labute approximate surface area is 213 Å². The smallest absolute Gasteiger partial charge is 0.416 e. The Morgan fingerprint density at radius 3 is 2.38 bits per heavy atom. The van der Waals surface area contributed by atoms with E-state index < -0.39 is 17.7 Å². The number of rotatable bonds is 13. The molecule has 3 aromatic rings. The Hall–Kier alpha value is -3.88. The second kappa shape index (κ2) is 13.4. The molecule has 196 valence electrons. The molecule has 1 aromatic heterocycles. The molecule has 2 N–H and O–H groups in total. The van der Waals surface area contributed by atoms with Gasteiger partial charge in [-0.15, -0.1) is 0 Å². The molecular weight excluding hydrogens is 485 g/mol. The molecule has 2 aromatic carbocycles. The van der Waals surface area contributed by atoms with E-state index in [2.05, 4.69) is 10.3 Å². The molecule has 3 rings (SSSR count). The molecule has 0 aliphatic carbocycles. The number of aryl methyl sites for hydroxylation is 1. The first-order valence-electron chi connectivity index (χ1n) is 12.1. The summed E-state index contributed by atoms with van der Waals surface area (Å²) in [5.74, 6) is -0.630. The summed E-state index contributed by atoms with van der Waals surface area (Å²) in [5, 5.41) is 11.2. The van der Waals surface area contributed by atoms with Gasteiger partial charge >= 0.3 is 12.1 Å². The summed E-state index contributed by atoms with van der Waals surface area (Å²) in [7, 11) is 0. The van der Waals surface area contributed by atoms with Crippen molar-refractivity contribution in [3.8, 4) is 17.0 Å². The highest BCUT2D eigenvalue weighted by Crippen LogP contribution is 2.31. The lowest BCUT2D eigenvalue weighted by atomic mass is 10.0. The first kappa shape index (κ1) is 27.7. The first-order chi connectivity index (χ1) is 17.7. The molecule has 0 aliphatic heterocycles. The number of pyridine rings is 1. The summed E-state index contributed by atoms with van der Waals surface area (Å²) in [6.07, 6.45) is 1.89. The molecule has 0 atom stereocenters. The van der Waals surface area contributed by atoms with Gasteiger partial charge in [-0.05, 0) is 67.3 Å². The van der Waals surface area contributed by atoms with Gasteiger partial charge in [0.25, 0.3) is 5.91 Å². The van der Waals surface area contributed by atoms with Crippen LogP contribution in [0.25, 0.3) is 11.3 Å². The van der Waals surface area contributed by atoms with Crippen molar-refractivity contribution in [2.75, 3.05) is 13.2 Å². The third-order valence-electron chi connectivity index (χ3n) is 5.68.